The van der Waals surface area contributed by atoms with E-state index in [2.05, 4.69) is 0 Å². The number of aliphatic hydroxyl groups excluding tert-OH is 2. The van der Waals surface area contributed by atoms with Crippen LogP contribution in [0.4, 0.5) is 4.39 Å². The summed E-state index contributed by atoms with van der Waals surface area (Å²) in [6.07, 6.45) is -2.46. The van der Waals surface area contributed by atoms with Crippen molar-refractivity contribution < 1.29 is 24.5 Å². The van der Waals surface area contributed by atoms with Crippen LogP contribution < -0.4 is 5.73 Å². The first-order valence-electron chi connectivity index (χ1n) is 5.06. The molecule has 2 atom stereocenters. The zero-order valence-electron chi connectivity index (χ0n) is 9.01. The molecule has 0 aliphatic carbocycles. The summed E-state index contributed by atoms with van der Waals surface area (Å²) >= 11 is 0. The number of carbonyl (C=O) groups is 1. The Morgan fingerprint density at radius 3 is 2.53 bits per heavy atom. The van der Waals surface area contributed by atoms with E-state index in [9.17, 15) is 19.4 Å². The van der Waals surface area contributed by atoms with Gasteiger partial charge in [0.1, 0.15) is 11.9 Å². The zero-order valence-corrected chi connectivity index (χ0v) is 9.01. The predicted molar refractivity (Wildman–Crippen MR) is 58.0 cm³/mol. The molecule has 0 heterocycles. The van der Waals surface area contributed by atoms with Gasteiger partial charge in [-0.05, 0) is 25.1 Å². The van der Waals surface area contributed by atoms with Gasteiger partial charge in [0.25, 0.3) is 0 Å². The third-order valence-corrected chi connectivity index (χ3v) is 2.39. The molecule has 2 unspecified atom stereocenters. The van der Waals surface area contributed by atoms with Crippen molar-refractivity contribution in [2.24, 2.45) is 5.73 Å². The molecule has 0 amide bonds. The smallest absolute Gasteiger partial charge is 0.335 e. The van der Waals surface area contributed by atoms with Gasteiger partial charge in [0, 0.05) is 5.56 Å². The second kappa shape index (κ2) is 5.72. The maximum Gasteiger partial charge on any atom is 0.335 e. The van der Waals surface area contributed by atoms with Crippen molar-refractivity contribution in [3.05, 3.63) is 35.1 Å². The Morgan fingerprint density at radius 1 is 1.41 bits per heavy atom. The first kappa shape index (κ1) is 13.6. The average molecular weight is 243 g/mol. The van der Waals surface area contributed by atoms with Crippen LogP contribution in [-0.4, -0.2) is 33.9 Å². The fourth-order valence-electron chi connectivity index (χ4n) is 1.44. The highest BCUT2D eigenvalue weighted by atomic mass is 19.1. The highest BCUT2D eigenvalue weighted by Crippen LogP contribution is 2.22. The van der Waals surface area contributed by atoms with Gasteiger partial charge in [0.2, 0.25) is 0 Å². The number of hydrogen-bond acceptors (Lipinski definition) is 4. The van der Waals surface area contributed by atoms with Gasteiger partial charge in [-0.25, -0.2) is 9.18 Å². The highest BCUT2D eigenvalue weighted by molar-refractivity contribution is 5.87. The molecule has 5 nitrogen and oxygen atoms in total. The van der Waals surface area contributed by atoms with Crippen LogP contribution in [0.3, 0.4) is 0 Å². The van der Waals surface area contributed by atoms with Crippen LogP contribution in [0.25, 0.3) is 0 Å². The monoisotopic (exact) mass is 243 g/mol. The fraction of sp³-hybridized carbons (Fsp3) is 0.364. The Bertz CT molecular complexity index is 410. The lowest BCUT2D eigenvalue weighted by atomic mass is 10.00. The summed E-state index contributed by atoms with van der Waals surface area (Å²) < 4.78 is 13.5. The summed E-state index contributed by atoms with van der Waals surface area (Å²) in [4.78, 5) is 10.6. The zero-order chi connectivity index (χ0) is 13.0. The summed E-state index contributed by atoms with van der Waals surface area (Å²) in [7, 11) is 0. The fourth-order valence-corrected chi connectivity index (χ4v) is 1.44. The van der Waals surface area contributed by atoms with Crippen molar-refractivity contribution in [1.29, 1.82) is 0 Å². The number of aromatic carboxylic acids is 1. The lowest BCUT2D eigenvalue weighted by molar-refractivity contribution is 0.0129. The van der Waals surface area contributed by atoms with Crippen molar-refractivity contribution in [2.75, 3.05) is 6.54 Å². The number of rotatable bonds is 5. The van der Waals surface area contributed by atoms with E-state index >= 15 is 0 Å². The molecule has 1 rings (SSSR count). The van der Waals surface area contributed by atoms with Crippen molar-refractivity contribution in [3.8, 4) is 0 Å². The first-order valence-corrected chi connectivity index (χ1v) is 5.06. The number of aliphatic hydroxyl groups is 2. The second-order valence-corrected chi connectivity index (χ2v) is 3.63. The normalized spacial score (nSPS) is 14.4. The van der Waals surface area contributed by atoms with Crippen LogP contribution in [0.15, 0.2) is 18.2 Å². The van der Waals surface area contributed by atoms with Gasteiger partial charge < -0.3 is 21.1 Å². The van der Waals surface area contributed by atoms with Crippen LogP contribution in [-0.2, 0) is 0 Å². The second-order valence-electron chi connectivity index (χ2n) is 3.63. The van der Waals surface area contributed by atoms with Crippen LogP contribution in [0, 0.1) is 5.82 Å². The van der Waals surface area contributed by atoms with E-state index in [4.69, 9.17) is 10.8 Å². The van der Waals surface area contributed by atoms with Gasteiger partial charge in [0.15, 0.2) is 0 Å². The van der Waals surface area contributed by atoms with Crippen LogP contribution in [0.1, 0.15) is 28.4 Å². The van der Waals surface area contributed by atoms with Crippen molar-refractivity contribution in [3.63, 3.8) is 0 Å². The van der Waals surface area contributed by atoms with Crippen LogP contribution in [0.2, 0.25) is 0 Å². The summed E-state index contributed by atoms with van der Waals surface area (Å²) in [6.45, 7) is 0.160. The van der Waals surface area contributed by atoms with E-state index in [0.29, 0.717) is 0 Å². The van der Waals surface area contributed by atoms with E-state index in [1.54, 1.807) is 0 Å². The van der Waals surface area contributed by atoms with Gasteiger partial charge >= 0.3 is 5.97 Å². The Kier molecular flexibility index (Phi) is 4.56. The number of hydrogen-bond donors (Lipinski definition) is 4. The molecule has 1 aromatic rings. The maximum atomic E-state index is 13.5. The lowest BCUT2D eigenvalue weighted by Gasteiger charge is -2.18. The number of carboxylic acid groups (broad SMARTS) is 1. The predicted octanol–water partition coefficient (Wildman–Crippen LogP) is 0.267. The molecule has 0 aliphatic heterocycles. The minimum absolute atomic E-state index is 0.126. The molecular weight excluding hydrogens is 229 g/mol. The van der Waals surface area contributed by atoms with E-state index in [0.717, 1.165) is 12.1 Å². The maximum absolute atomic E-state index is 13.5. The van der Waals surface area contributed by atoms with Crippen molar-refractivity contribution in [2.45, 2.75) is 18.6 Å². The summed E-state index contributed by atoms with van der Waals surface area (Å²) in [6, 6.07) is 3.11. The van der Waals surface area contributed by atoms with Gasteiger partial charge in [-0.3, -0.25) is 0 Å². The molecule has 0 fully saturated rings. The SMILES string of the molecule is NCCC(O)C(O)c1ccc(C(=O)O)cc1F. The first-order chi connectivity index (χ1) is 7.97. The molecule has 0 aliphatic rings. The average Bonchev–Trinajstić information content (AvgIpc) is 2.28. The van der Waals surface area contributed by atoms with Gasteiger partial charge in [0.05, 0.1) is 11.7 Å². The number of nitrogens with two attached hydrogens (primary N) is 1. The molecule has 0 radical (unpaired) electrons. The van der Waals surface area contributed by atoms with E-state index < -0.39 is 24.0 Å². The molecule has 1 aromatic carbocycles. The number of benzene rings is 1. The number of halogens is 1. The molecule has 0 spiro atoms. The Hall–Kier alpha value is -1.50. The third-order valence-electron chi connectivity index (χ3n) is 2.39. The molecule has 0 bridgehead atoms. The molecule has 94 valence electrons. The lowest BCUT2D eigenvalue weighted by Crippen LogP contribution is -2.22. The Balaban J connectivity index is 2.95. The van der Waals surface area contributed by atoms with E-state index in [1.165, 1.54) is 6.07 Å². The molecule has 17 heavy (non-hydrogen) atoms. The van der Waals surface area contributed by atoms with Crippen molar-refractivity contribution >= 4 is 5.97 Å². The molecule has 0 aromatic heterocycles. The largest absolute Gasteiger partial charge is 0.478 e. The molecule has 0 saturated heterocycles. The Labute approximate surface area is 97.3 Å². The van der Waals surface area contributed by atoms with Gasteiger partial charge in [-0.2, -0.15) is 0 Å². The summed E-state index contributed by atoms with van der Waals surface area (Å²) in [5.41, 5.74) is 4.85. The van der Waals surface area contributed by atoms with E-state index in [-0.39, 0.29) is 24.1 Å². The van der Waals surface area contributed by atoms with Crippen molar-refractivity contribution in [1.82, 2.24) is 0 Å². The molecule has 0 saturated carbocycles. The van der Waals surface area contributed by atoms with Crippen LogP contribution in [0.5, 0.6) is 0 Å². The highest BCUT2D eigenvalue weighted by Gasteiger charge is 2.21. The van der Waals surface area contributed by atoms with Crippen LogP contribution >= 0.6 is 0 Å². The molecule has 5 N–H and O–H groups in total. The molecular formula is C11H14FNO4. The minimum atomic E-state index is -1.42. The third kappa shape index (κ3) is 3.23. The summed E-state index contributed by atoms with van der Waals surface area (Å²) in [5, 5.41) is 27.7. The number of carboxylic acids is 1. The molecule has 6 heteroatoms. The van der Waals surface area contributed by atoms with Gasteiger partial charge in [-0.15, -0.1) is 0 Å². The standard InChI is InChI=1S/C11H14FNO4/c12-8-5-6(11(16)17)1-2-7(8)10(15)9(14)3-4-13/h1-2,5,9-10,14-15H,3-4,13H2,(H,16,17). The quantitative estimate of drug-likeness (QED) is 0.594. The Morgan fingerprint density at radius 2 is 2.06 bits per heavy atom. The van der Waals surface area contributed by atoms with E-state index in [1.807, 2.05) is 0 Å². The minimum Gasteiger partial charge on any atom is -0.478 e. The van der Waals surface area contributed by atoms with Gasteiger partial charge in [-0.1, -0.05) is 6.07 Å². The topological polar surface area (TPSA) is 104 Å². The summed E-state index contributed by atoms with van der Waals surface area (Å²) in [5.74, 6) is -2.12.